The predicted octanol–water partition coefficient (Wildman–Crippen LogP) is 6.54. The van der Waals surface area contributed by atoms with Crippen LogP contribution in [0.25, 0.3) is 6.08 Å². The van der Waals surface area contributed by atoms with Crippen LogP contribution in [-0.4, -0.2) is 43.4 Å². The molecule has 1 fully saturated rings. The van der Waals surface area contributed by atoms with Crippen LogP contribution in [0.3, 0.4) is 0 Å². The zero-order valence-electron chi connectivity index (χ0n) is 22.0. The van der Waals surface area contributed by atoms with Crippen LogP contribution in [0.15, 0.2) is 65.6 Å². The van der Waals surface area contributed by atoms with Crippen molar-refractivity contribution in [1.29, 1.82) is 0 Å². The van der Waals surface area contributed by atoms with Crippen LogP contribution >= 0.6 is 35.6 Å². The first-order chi connectivity index (χ1) is 18.7. The van der Waals surface area contributed by atoms with E-state index in [-0.39, 0.29) is 18.4 Å². The Kier molecular flexibility index (Phi) is 9.16. The molecule has 1 N–H and O–H groups in total. The molecule has 2 amide bonds. The van der Waals surface area contributed by atoms with Gasteiger partial charge in [0.2, 0.25) is 0 Å². The highest BCUT2D eigenvalue weighted by Gasteiger charge is 2.33. The van der Waals surface area contributed by atoms with E-state index in [2.05, 4.69) is 5.32 Å². The minimum Gasteiger partial charge on any atom is -0.490 e. The summed E-state index contributed by atoms with van der Waals surface area (Å²) >= 11 is 12.9. The van der Waals surface area contributed by atoms with Crippen molar-refractivity contribution in [3.05, 3.63) is 81.7 Å². The lowest BCUT2D eigenvalue weighted by Gasteiger charge is -2.17. The average Bonchev–Trinajstić information content (AvgIpc) is 3.18. The molecule has 0 aromatic heterocycles. The van der Waals surface area contributed by atoms with Crippen LogP contribution in [0.2, 0.25) is 5.02 Å². The van der Waals surface area contributed by atoms with E-state index in [1.54, 1.807) is 42.5 Å². The molecule has 202 valence electrons. The van der Waals surface area contributed by atoms with Crippen molar-refractivity contribution in [3.8, 4) is 11.5 Å². The maximum absolute atomic E-state index is 13.2. The molecule has 0 unspecified atom stereocenters. The number of amides is 2. The molecule has 0 spiro atoms. The third-order valence-electron chi connectivity index (χ3n) is 5.88. The molecule has 7 nitrogen and oxygen atoms in total. The fraction of sp³-hybridized carbons (Fsp3) is 0.207. The topological polar surface area (TPSA) is 71.1 Å². The molecule has 39 heavy (non-hydrogen) atoms. The van der Waals surface area contributed by atoms with Gasteiger partial charge in [-0.05, 0) is 79.6 Å². The number of halogens is 1. The van der Waals surface area contributed by atoms with Gasteiger partial charge in [0.05, 0.1) is 17.2 Å². The normalized spacial score (nSPS) is 14.1. The van der Waals surface area contributed by atoms with Crippen LogP contribution in [-0.2, 0) is 9.59 Å². The number of ether oxygens (including phenoxy) is 2. The first-order valence-electron chi connectivity index (χ1n) is 12.2. The molecule has 3 aromatic carbocycles. The highest BCUT2D eigenvalue weighted by molar-refractivity contribution is 8.27. The summed E-state index contributed by atoms with van der Waals surface area (Å²) in [6, 6.07) is 18.3. The minimum absolute atomic E-state index is 0.186. The second-order valence-electron chi connectivity index (χ2n) is 8.82. The summed E-state index contributed by atoms with van der Waals surface area (Å²) < 4.78 is 12.0. The summed E-state index contributed by atoms with van der Waals surface area (Å²) in [5, 5.41) is 3.38. The van der Waals surface area contributed by atoms with Gasteiger partial charge in [-0.2, -0.15) is 0 Å². The molecule has 3 aromatic rings. The van der Waals surface area contributed by atoms with E-state index in [1.807, 2.05) is 57.1 Å². The van der Waals surface area contributed by atoms with E-state index in [9.17, 15) is 9.59 Å². The summed E-state index contributed by atoms with van der Waals surface area (Å²) in [4.78, 5) is 29.7. The third-order valence-corrected chi connectivity index (χ3v) is 7.60. The number of carbonyl (C=O) groups is 2. The predicted molar refractivity (Wildman–Crippen MR) is 164 cm³/mol. The van der Waals surface area contributed by atoms with E-state index in [0.717, 1.165) is 22.5 Å². The first-order valence-corrected chi connectivity index (χ1v) is 13.8. The molecule has 1 aliphatic heterocycles. The number of thiocarbonyl (C=S) groups is 1. The van der Waals surface area contributed by atoms with Crippen molar-refractivity contribution in [1.82, 2.24) is 0 Å². The van der Waals surface area contributed by atoms with Gasteiger partial charge in [0, 0.05) is 30.5 Å². The molecule has 0 atom stereocenters. The molecule has 1 aliphatic rings. The van der Waals surface area contributed by atoms with Gasteiger partial charge in [0.1, 0.15) is 0 Å². The van der Waals surface area contributed by atoms with Gasteiger partial charge in [-0.15, -0.1) is 0 Å². The Morgan fingerprint density at radius 2 is 1.85 bits per heavy atom. The Morgan fingerprint density at radius 3 is 2.54 bits per heavy atom. The molecule has 0 saturated carbocycles. The van der Waals surface area contributed by atoms with E-state index in [4.69, 9.17) is 33.3 Å². The van der Waals surface area contributed by atoms with E-state index in [1.165, 1.54) is 16.7 Å². The molecule has 0 radical (unpaired) electrons. The first kappa shape index (κ1) is 28.5. The van der Waals surface area contributed by atoms with Crippen LogP contribution in [0.1, 0.15) is 18.1 Å². The number of nitrogens with one attached hydrogen (secondary N) is 1. The number of rotatable bonds is 9. The Hall–Kier alpha value is -3.53. The number of hydrogen-bond donors (Lipinski definition) is 1. The van der Waals surface area contributed by atoms with Crippen molar-refractivity contribution in [2.24, 2.45) is 0 Å². The number of hydrogen-bond acceptors (Lipinski definition) is 7. The van der Waals surface area contributed by atoms with Gasteiger partial charge >= 0.3 is 0 Å². The van der Waals surface area contributed by atoms with Gasteiger partial charge in [0.25, 0.3) is 11.8 Å². The number of thioether (sulfide) groups is 1. The summed E-state index contributed by atoms with van der Waals surface area (Å²) in [6.45, 7) is 3.88. The second kappa shape index (κ2) is 12.5. The maximum Gasteiger partial charge on any atom is 0.270 e. The van der Waals surface area contributed by atoms with Crippen LogP contribution in [0.5, 0.6) is 11.5 Å². The second-order valence-corrected chi connectivity index (χ2v) is 10.9. The Labute approximate surface area is 242 Å². The summed E-state index contributed by atoms with van der Waals surface area (Å²) in [5.74, 6) is 0.372. The molecule has 0 aliphatic carbocycles. The molecule has 1 saturated heterocycles. The summed E-state index contributed by atoms with van der Waals surface area (Å²) in [7, 11) is 3.92. The number of anilines is 3. The van der Waals surface area contributed by atoms with Gasteiger partial charge in [0.15, 0.2) is 22.4 Å². The van der Waals surface area contributed by atoms with E-state index < -0.39 is 0 Å². The van der Waals surface area contributed by atoms with Crippen LogP contribution < -0.4 is 24.6 Å². The number of nitrogens with zero attached hydrogens (tertiary/aromatic N) is 2. The fourth-order valence-corrected chi connectivity index (χ4v) is 5.29. The Bertz CT molecular complexity index is 1440. The highest BCUT2D eigenvalue weighted by atomic mass is 35.5. The fourth-order valence-electron chi connectivity index (χ4n) is 3.82. The van der Waals surface area contributed by atoms with Gasteiger partial charge in [-0.25, -0.2) is 0 Å². The summed E-state index contributed by atoms with van der Waals surface area (Å²) in [5.41, 5.74) is 3.90. The summed E-state index contributed by atoms with van der Waals surface area (Å²) in [6.07, 6.45) is 1.77. The standard InChI is InChI=1S/C29H28ClN3O4S2/c1-5-36-25-15-19(9-14-24(25)37-17-27(34)31-23-8-6-7-22(30)18(23)2)16-26-28(35)33(29(38)39-26)21-12-10-20(11-13-21)32(3)4/h6-16H,5,17H2,1-4H3,(H,31,34)/b26-16-. The van der Waals surface area contributed by atoms with Gasteiger partial charge < -0.3 is 19.7 Å². The zero-order valence-corrected chi connectivity index (χ0v) is 24.4. The Morgan fingerprint density at radius 1 is 1.10 bits per heavy atom. The SMILES string of the molecule is CCOc1cc(/C=C2\SC(=S)N(c3ccc(N(C)C)cc3)C2=O)ccc1OCC(=O)Nc1cccc(Cl)c1C. The molecule has 0 bridgehead atoms. The van der Waals surface area contributed by atoms with Gasteiger partial charge in [-0.3, -0.25) is 14.5 Å². The van der Waals surface area contributed by atoms with Crippen LogP contribution in [0.4, 0.5) is 17.1 Å². The highest BCUT2D eigenvalue weighted by Crippen LogP contribution is 2.37. The third kappa shape index (κ3) is 6.73. The molecule has 10 heteroatoms. The largest absolute Gasteiger partial charge is 0.490 e. The lowest BCUT2D eigenvalue weighted by atomic mass is 10.1. The van der Waals surface area contributed by atoms with Crippen molar-refractivity contribution in [3.63, 3.8) is 0 Å². The molecular formula is C29H28ClN3O4S2. The Balaban J connectivity index is 1.47. The number of benzene rings is 3. The quantitative estimate of drug-likeness (QED) is 0.227. The van der Waals surface area contributed by atoms with Crippen molar-refractivity contribution in [2.75, 3.05) is 42.4 Å². The maximum atomic E-state index is 13.2. The number of carbonyl (C=O) groups excluding carboxylic acids is 2. The van der Waals surface area contributed by atoms with Crippen molar-refractivity contribution < 1.29 is 19.1 Å². The molecule has 4 rings (SSSR count). The van der Waals surface area contributed by atoms with Gasteiger partial charge in [-0.1, -0.05) is 47.7 Å². The molecule has 1 heterocycles. The minimum atomic E-state index is -0.325. The lowest BCUT2D eigenvalue weighted by molar-refractivity contribution is -0.118. The van der Waals surface area contributed by atoms with E-state index >= 15 is 0 Å². The molecular weight excluding hydrogens is 554 g/mol. The monoisotopic (exact) mass is 581 g/mol. The average molecular weight is 582 g/mol. The van der Waals surface area contributed by atoms with Crippen molar-refractivity contribution in [2.45, 2.75) is 13.8 Å². The lowest BCUT2D eigenvalue weighted by Crippen LogP contribution is -2.27. The van der Waals surface area contributed by atoms with Crippen LogP contribution in [0, 0.1) is 6.92 Å². The zero-order chi connectivity index (χ0) is 28.1. The van der Waals surface area contributed by atoms with E-state index in [0.29, 0.717) is 38.0 Å². The smallest absolute Gasteiger partial charge is 0.270 e. The van der Waals surface area contributed by atoms with Crippen molar-refractivity contribution >= 4 is 74.9 Å².